The first-order valence-electron chi connectivity index (χ1n) is 10.0. The van der Waals surface area contributed by atoms with Gasteiger partial charge in [-0.25, -0.2) is 8.78 Å². The summed E-state index contributed by atoms with van der Waals surface area (Å²) in [5.41, 5.74) is 1.72. The molecule has 0 aliphatic carbocycles. The Morgan fingerprint density at radius 1 is 1.07 bits per heavy atom. The van der Waals surface area contributed by atoms with Crippen LogP contribution in [0.15, 0.2) is 54.6 Å². The molecule has 2 heterocycles. The largest absolute Gasteiger partial charge is 0.508 e. The third-order valence-electron chi connectivity index (χ3n) is 5.26. The second kappa shape index (κ2) is 9.21. The van der Waals surface area contributed by atoms with Crippen LogP contribution in [-0.4, -0.2) is 44.5 Å². The highest BCUT2D eigenvalue weighted by Gasteiger charge is 2.23. The number of likely N-dealkylation sites (tertiary alicyclic amines) is 1. The van der Waals surface area contributed by atoms with Crippen LogP contribution in [0.1, 0.15) is 30.7 Å². The lowest BCUT2D eigenvalue weighted by atomic mass is 9.97. The van der Waals surface area contributed by atoms with Gasteiger partial charge in [-0.05, 0) is 61.7 Å². The quantitative estimate of drug-likeness (QED) is 0.628. The molecule has 1 aliphatic rings. The van der Waals surface area contributed by atoms with E-state index in [0.717, 1.165) is 38.0 Å². The Hall–Kier alpha value is -3.00. The number of benzene rings is 2. The van der Waals surface area contributed by atoms with Crippen molar-refractivity contribution in [1.29, 1.82) is 0 Å². The maximum atomic E-state index is 13.1. The number of aromatic nitrogens is 3. The van der Waals surface area contributed by atoms with Crippen molar-refractivity contribution in [3.63, 3.8) is 0 Å². The Labute approximate surface area is 173 Å². The van der Waals surface area contributed by atoms with E-state index in [9.17, 15) is 13.9 Å². The molecule has 1 aromatic heterocycles. The third kappa shape index (κ3) is 4.94. The van der Waals surface area contributed by atoms with Gasteiger partial charge in [0.1, 0.15) is 5.75 Å². The molecule has 4 rings (SSSR count). The van der Waals surface area contributed by atoms with Gasteiger partial charge in [-0.3, -0.25) is 4.90 Å². The minimum Gasteiger partial charge on any atom is -0.508 e. The second-order valence-corrected chi connectivity index (χ2v) is 7.50. The molecular weight excluding hydrogens is 390 g/mol. The molecule has 158 valence electrons. The molecule has 0 atom stereocenters. The molecule has 30 heavy (non-hydrogen) atoms. The first kappa shape index (κ1) is 20.3. The number of phenols is 1. The van der Waals surface area contributed by atoms with Crippen molar-refractivity contribution in [1.82, 2.24) is 19.7 Å². The lowest BCUT2D eigenvalue weighted by molar-refractivity contribution is 0.129. The Kier molecular flexibility index (Phi) is 6.23. The number of phenolic OH excluding ortho intramolecular Hbond substituents is 1. The van der Waals surface area contributed by atoms with Crippen LogP contribution in [0, 0.1) is 5.92 Å². The summed E-state index contributed by atoms with van der Waals surface area (Å²) in [6.45, 7) is 3.03. The molecule has 1 fully saturated rings. The molecule has 1 N–H and O–H groups in total. The van der Waals surface area contributed by atoms with Crippen LogP contribution in [0.2, 0.25) is 0 Å². The van der Waals surface area contributed by atoms with Gasteiger partial charge in [0, 0.05) is 6.54 Å². The summed E-state index contributed by atoms with van der Waals surface area (Å²) in [6.07, 6.45) is -0.863. The van der Waals surface area contributed by atoms with E-state index in [1.165, 1.54) is 4.68 Å². The minimum atomic E-state index is -2.75. The molecule has 1 saturated heterocycles. The van der Waals surface area contributed by atoms with Gasteiger partial charge >= 0.3 is 6.01 Å². The summed E-state index contributed by atoms with van der Waals surface area (Å²) in [5.74, 6) is 0.0672. The van der Waals surface area contributed by atoms with E-state index in [-0.39, 0.29) is 11.8 Å². The molecule has 0 spiro atoms. The van der Waals surface area contributed by atoms with Crippen molar-refractivity contribution in [2.45, 2.75) is 25.8 Å². The summed E-state index contributed by atoms with van der Waals surface area (Å²) in [6, 6.07) is 16.4. The Balaban J connectivity index is 1.34. The third-order valence-corrected chi connectivity index (χ3v) is 5.26. The van der Waals surface area contributed by atoms with Crippen molar-refractivity contribution in [2.75, 3.05) is 19.7 Å². The average molecular weight is 414 g/mol. The highest BCUT2D eigenvalue weighted by atomic mass is 19.3. The zero-order valence-electron chi connectivity index (χ0n) is 16.5. The molecule has 0 bridgehead atoms. The SMILES string of the molecule is Oc1cccc(CN2CCC(COc3nc(C(F)F)nn3-c3ccccc3)CC2)c1. The topological polar surface area (TPSA) is 63.4 Å². The molecule has 8 heteroatoms. The minimum absolute atomic E-state index is 0.0960. The van der Waals surface area contributed by atoms with Crippen LogP contribution >= 0.6 is 0 Å². The maximum Gasteiger partial charge on any atom is 0.320 e. The molecule has 6 nitrogen and oxygen atoms in total. The standard InChI is InChI=1S/C22H24F2N4O2/c23-20(24)21-25-22(28(26-21)18-6-2-1-3-7-18)30-15-16-9-11-27(12-10-16)14-17-5-4-8-19(29)13-17/h1-8,13,16,20,29H,9-12,14-15H2. The molecule has 0 saturated carbocycles. The van der Waals surface area contributed by atoms with Gasteiger partial charge in [0.15, 0.2) is 0 Å². The monoisotopic (exact) mass is 414 g/mol. The Morgan fingerprint density at radius 2 is 1.83 bits per heavy atom. The number of halogens is 2. The normalized spacial score (nSPS) is 15.6. The van der Waals surface area contributed by atoms with E-state index in [4.69, 9.17) is 4.74 Å². The maximum absolute atomic E-state index is 13.1. The van der Waals surface area contributed by atoms with Gasteiger partial charge in [-0.2, -0.15) is 9.67 Å². The average Bonchev–Trinajstić information content (AvgIpc) is 3.19. The number of alkyl halides is 2. The lowest BCUT2D eigenvalue weighted by Gasteiger charge is -2.31. The molecule has 1 aliphatic heterocycles. The van der Waals surface area contributed by atoms with Crippen molar-refractivity contribution in [3.8, 4) is 17.4 Å². The first-order chi connectivity index (χ1) is 14.6. The van der Waals surface area contributed by atoms with Crippen LogP contribution < -0.4 is 4.74 Å². The number of hydrogen-bond acceptors (Lipinski definition) is 5. The van der Waals surface area contributed by atoms with Gasteiger partial charge in [0.25, 0.3) is 6.43 Å². The van der Waals surface area contributed by atoms with Crippen molar-refractivity contribution in [3.05, 3.63) is 66.0 Å². The number of hydrogen-bond donors (Lipinski definition) is 1. The Bertz CT molecular complexity index is 957. The molecule has 2 aromatic carbocycles. The number of rotatable bonds is 7. The Morgan fingerprint density at radius 3 is 2.53 bits per heavy atom. The van der Waals surface area contributed by atoms with Crippen LogP contribution in [0.5, 0.6) is 11.8 Å². The van der Waals surface area contributed by atoms with E-state index in [2.05, 4.69) is 15.0 Å². The van der Waals surface area contributed by atoms with Gasteiger partial charge < -0.3 is 9.84 Å². The molecule has 0 amide bonds. The summed E-state index contributed by atoms with van der Waals surface area (Å²) >= 11 is 0. The van der Waals surface area contributed by atoms with Crippen LogP contribution in [0.4, 0.5) is 8.78 Å². The molecular formula is C22H24F2N4O2. The fourth-order valence-electron chi connectivity index (χ4n) is 3.65. The van der Waals surface area contributed by atoms with E-state index < -0.39 is 12.2 Å². The zero-order valence-corrected chi connectivity index (χ0v) is 16.5. The van der Waals surface area contributed by atoms with Crippen molar-refractivity contribution < 1.29 is 18.6 Å². The lowest BCUT2D eigenvalue weighted by Crippen LogP contribution is -2.35. The van der Waals surface area contributed by atoms with Gasteiger partial charge in [0.2, 0.25) is 5.82 Å². The number of para-hydroxylation sites is 1. The number of ether oxygens (including phenoxy) is 1. The van der Waals surface area contributed by atoms with E-state index in [1.54, 1.807) is 24.3 Å². The number of nitrogens with zero attached hydrogens (tertiary/aromatic N) is 4. The van der Waals surface area contributed by atoms with E-state index >= 15 is 0 Å². The van der Waals surface area contributed by atoms with Crippen molar-refractivity contribution >= 4 is 0 Å². The molecule has 0 unspecified atom stereocenters. The highest BCUT2D eigenvalue weighted by molar-refractivity contribution is 5.32. The smallest absolute Gasteiger partial charge is 0.320 e. The van der Waals surface area contributed by atoms with Gasteiger partial charge in [-0.15, -0.1) is 5.10 Å². The summed E-state index contributed by atoms with van der Waals surface area (Å²) in [5, 5.41) is 13.5. The van der Waals surface area contributed by atoms with E-state index in [1.807, 2.05) is 30.3 Å². The fourth-order valence-corrected chi connectivity index (χ4v) is 3.65. The van der Waals surface area contributed by atoms with Gasteiger partial charge in [0.05, 0.1) is 12.3 Å². The van der Waals surface area contributed by atoms with Crippen LogP contribution in [0.25, 0.3) is 5.69 Å². The zero-order chi connectivity index (χ0) is 20.9. The highest BCUT2D eigenvalue weighted by Crippen LogP contribution is 2.24. The van der Waals surface area contributed by atoms with Crippen molar-refractivity contribution in [2.24, 2.45) is 5.92 Å². The van der Waals surface area contributed by atoms with Gasteiger partial charge in [-0.1, -0.05) is 30.3 Å². The second-order valence-electron chi connectivity index (χ2n) is 7.50. The summed E-state index contributed by atoms with van der Waals surface area (Å²) in [4.78, 5) is 6.23. The predicted octanol–water partition coefficient (Wildman–Crippen LogP) is 4.20. The molecule has 3 aromatic rings. The summed E-state index contributed by atoms with van der Waals surface area (Å²) in [7, 11) is 0. The predicted molar refractivity (Wildman–Crippen MR) is 108 cm³/mol. The number of piperidine rings is 1. The number of aromatic hydroxyl groups is 1. The van der Waals surface area contributed by atoms with E-state index in [0.29, 0.717) is 18.2 Å². The van der Waals surface area contributed by atoms with Crippen LogP contribution in [-0.2, 0) is 6.54 Å². The molecule has 0 radical (unpaired) electrons. The van der Waals surface area contributed by atoms with Crippen LogP contribution in [0.3, 0.4) is 0 Å². The fraction of sp³-hybridized carbons (Fsp3) is 0.364. The summed E-state index contributed by atoms with van der Waals surface area (Å²) < 4.78 is 33.4. The first-order valence-corrected chi connectivity index (χ1v) is 10.0.